The van der Waals surface area contributed by atoms with Crippen LogP contribution in [-0.2, 0) is 0 Å². The third-order valence-corrected chi connectivity index (χ3v) is 19.7. The fraction of sp³-hybridized carbons (Fsp3) is 0. The van der Waals surface area contributed by atoms with E-state index in [4.69, 9.17) is 8.83 Å². The SMILES string of the molecule is c1ccc(-c2cc(-c3ccc(-c4ccc(-c5c6ccccc6c(-c6ccccc6-c6cccc7ccccc67)c6ccccc56)c5oc6ccccc6c45)cc3)ccc2-c2c3ccccc3c(-c3ccc(-c4ccccc4)c4c3oc3ccccc34)c3ccccc23)cc1. The van der Waals surface area contributed by atoms with Crippen molar-refractivity contribution in [1.82, 2.24) is 0 Å². The molecule has 2 aromatic heterocycles. The predicted octanol–water partition coefficient (Wildman–Crippen LogP) is 26.3. The molecule has 0 aliphatic rings. The Morgan fingerprint density at radius 1 is 0.160 bits per heavy atom. The van der Waals surface area contributed by atoms with Gasteiger partial charge < -0.3 is 8.83 Å². The minimum atomic E-state index is 0.863. The van der Waals surface area contributed by atoms with Crippen LogP contribution in [0.1, 0.15) is 0 Å². The van der Waals surface area contributed by atoms with E-state index in [9.17, 15) is 0 Å². The van der Waals surface area contributed by atoms with Crippen LogP contribution in [0.3, 0.4) is 0 Å². The standard InChI is InChI=1S/C92H56O2/c1-3-24-59(25-4-1)64-52-54-80(91-89(64)78-41-19-21-44-83(78)93-91)88-75-39-17-13-35-71(75)86(72-36-14-18-40-76(72)88)77-51-50-62(56-82(77)60-26-5-2-6-27-60)57-46-48-61(49-47-57)65-53-55-81(92-90(65)79-42-20-22-45-84(79)94-92)87-73-37-15-11-33-69(73)85(70-34-12-16-38-74(70)87)68-32-10-9-31-67(68)66-43-23-29-58-28-7-8-30-63(58)66/h1-56H. The Balaban J connectivity index is 0.748. The molecule has 0 fully saturated rings. The second-order valence-electron chi connectivity index (χ2n) is 24.8. The Hall–Kier alpha value is -12.4. The Morgan fingerprint density at radius 2 is 0.468 bits per heavy atom. The Kier molecular flexibility index (Phi) is 12.3. The monoisotopic (exact) mass is 1190 g/mol. The van der Waals surface area contributed by atoms with Crippen molar-refractivity contribution < 1.29 is 8.83 Å². The highest BCUT2D eigenvalue weighted by atomic mass is 16.3. The van der Waals surface area contributed by atoms with Crippen molar-refractivity contribution in [3.8, 4) is 100 Å². The van der Waals surface area contributed by atoms with Crippen LogP contribution in [0.4, 0.5) is 0 Å². The van der Waals surface area contributed by atoms with E-state index in [0.29, 0.717) is 0 Å². The maximum atomic E-state index is 7.15. The Bertz CT molecular complexity index is 6150. The highest BCUT2D eigenvalue weighted by Gasteiger charge is 2.27. The van der Waals surface area contributed by atoms with Crippen molar-refractivity contribution in [1.29, 1.82) is 0 Å². The quantitative estimate of drug-likeness (QED) is 0.135. The van der Waals surface area contributed by atoms with Gasteiger partial charge in [-0.2, -0.15) is 0 Å². The van der Waals surface area contributed by atoms with Gasteiger partial charge in [-0.25, -0.2) is 0 Å². The lowest BCUT2D eigenvalue weighted by molar-refractivity contribution is 0.670. The van der Waals surface area contributed by atoms with Gasteiger partial charge in [-0.1, -0.05) is 309 Å². The lowest BCUT2D eigenvalue weighted by Gasteiger charge is -2.21. The summed E-state index contributed by atoms with van der Waals surface area (Å²) in [6, 6.07) is 124. The summed E-state index contributed by atoms with van der Waals surface area (Å²) >= 11 is 0. The second-order valence-corrected chi connectivity index (χ2v) is 24.8. The number of para-hydroxylation sites is 2. The topological polar surface area (TPSA) is 26.3 Å². The lowest BCUT2D eigenvalue weighted by atomic mass is 9.82. The molecule has 0 saturated heterocycles. The zero-order valence-corrected chi connectivity index (χ0v) is 51.1. The van der Waals surface area contributed by atoms with Crippen molar-refractivity contribution >= 4 is 97.7 Å². The average Bonchev–Trinajstić information content (AvgIpc) is 1.15. The molecular weight excluding hydrogens is 1140 g/mol. The van der Waals surface area contributed by atoms with Gasteiger partial charge in [0.25, 0.3) is 0 Å². The molecule has 2 heteroatoms. The number of hydrogen-bond donors (Lipinski definition) is 0. The van der Waals surface area contributed by atoms with E-state index in [2.05, 4.69) is 340 Å². The zero-order valence-electron chi connectivity index (χ0n) is 51.1. The second kappa shape index (κ2) is 21.7. The van der Waals surface area contributed by atoms with Crippen LogP contribution >= 0.6 is 0 Å². The normalized spacial score (nSPS) is 11.8. The molecule has 0 spiro atoms. The van der Waals surface area contributed by atoms with Gasteiger partial charge in [-0.3, -0.25) is 0 Å². The molecule has 2 heterocycles. The molecule has 19 aromatic rings. The highest BCUT2D eigenvalue weighted by Crippen LogP contribution is 2.53. The molecule has 0 bridgehead atoms. The number of rotatable bonds is 9. The molecule has 17 aromatic carbocycles. The third-order valence-electron chi connectivity index (χ3n) is 19.7. The van der Waals surface area contributed by atoms with E-state index in [1.54, 1.807) is 0 Å². The Labute approximate surface area is 543 Å². The van der Waals surface area contributed by atoms with E-state index < -0.39 is 0 Å². The first-order valence-electron chi connectivity index (χ1n) is 32.4. The largest absolute Gasteiger partial charge is 0.455 e. The molecule has 0 aliphatic heterocycles. The third kappa shape index (κ3) is 8.37. The molecule has 0 amide bonds. The summed E-state index contributed by atoms with van der Waals surface area (Å²) in [4.78, 5) is 0. The van der Waals surface area contributed by atoms with Crippen LogP contribution in [0.2, 0.25) is 0 Å². The molecule has 0 N–H and O–H groups in total. The van der Waals surface area contributed by atoms with Crippen molar-refractivity contribution in [3.63, 3.8) is 0 Å². The molecule has 0 saturated carbocycles. The van der Waals surface area contributed by atoms with Crippen LogP contribution in [0.25, 0.3) is 198 Å². The number of hydrogen-bond acceptors (Lipinski definition) is 2. The van der Waals surface area contributed by atoms with E-state index in [1.807, 2.05) is 0 Å². The summed E-state index contributed by atoms with van der Waals surface area (Å²) in [5.41, 5.74) is 24.4. The summed E-state index contributed by atoms with van der Waals surface area (Å²) in [7, 11) is 0. The van der Waals surface area contributed by atoms with Crippen molar-refractivity contribution in [2.24, 2.45) is 0 Å². The van der Waals surface area contributed by atoms with Gasteiger partial charge in [0.15, 0.2) is 0 Å². The maximum absolute atomic E-state index is 7.15. The Morgan fingerprint density at radius 3 is 0.957 bits per heavy atom. The summed E-state index contributed by atoms with van der Waals surface area (Å²) in [5, 5.41) is 16.4. The molecule has 0 atom stereocenters. The van der Waals surface area contributed by atoms with Crippen molar-refractivity contribution in [2.75, 3.05) is 0 Å². The van der Waals surface area contributed by atoms with Crippen LogP contribution in [0, 0.1) is 0 Å². The molecule has 19 rings (SSSR count). The summed E-state index contributed by atoms with van der Waals surface area (Å²) in [6.07, 6.45) is 0. The summed E-state index contributed by atoms with van der Waals surface area (Å²) < 4.78 is 14.1. The molecule has 0 aliphatic carbocycles. The number of benzene rings is 17. The first-order chi connectivity index (χ1) is 46.7. The van der Waals surface area contributed by atoms with E-state index in [-0.39, 0.29) is 0 Å². The van der Waals surface area contributed by atoms with Crippen LogP contribution in [0.5, 0.6) is 0 Å². The molecular formula is C92H56O2. The lowest BCUT2D eigenvalue weighted by Crippen LogP contribution is -1.94. The summed E-state index contributed by atoms with van der Waals surface area (Å²) in [6.45, 7) is 0. The molecule has 0 unspecified atom stereocenters. The van der Waals surface area contributed by atoms with Crippen molar-refractivity contribution in [2.45, 2.75) is 0 Å². The van der Waals surface area contributed by atoms with Gasteiger partial charge >= 0.3 is 0 Å². The molecule has 0 radical (unpaired) electrons. The average molecular weight is 1190 g/mol. The first-order valence-corrected chi connectivity index (χ1v) is 32.4. The molecule has 2 nitrogen and oxygen atoms in total. The smallest absolute Gasteiger partial charge is 0.143 e. The predicted molar refractivity (Wildman–Crippen MR) is 397 cm³/mol. The van der Waals surface area contributed by atoms with Gasteiger partial charge in [-0.05, 0) is 162 Å². The first kappa shape index (κ1) is 53.5. The van der Waals surface area contributed by atoms with E-state index in [1.165, 1.54) is 98.4 Å². The van der Waals surface area contributed by atoms with Gasteiger partial charge in [-0.15, -0.1) is 0 Å². The van der Waals surface area contributed by atoms with Crippen LogP contribution < -0.4 is 0 Å². The fourth-order valence-corrected chi connectivity index (χ4v) is 15.6. The number of fused-ring (bicyclic) bond motifs is 11. The van der Waals surface area contributed by atoms with Gasteiger partial charge in [0.1, 0.15) is 22.3 Å². The minimum absolute atomic E-state index is 0.863. The summed E-state index contributed by atoms with van der Waals surface area (Å²) in [5.74, 6) is 0. The fourth-order valence-electron chi connectivity index (χ4n) is 15.6. The van der Waals surface area contributed by atoms with Crippen molar-refractivity contribution in [3.05, 3.63) is 340 Å². The maximum Gasteiger partial charge on any atom is 0.143 e. The van der Waals surface area contributed by atoms with Gasteiger partial charge in [0.2, 0.25) is 0 Å². The van der Waals surface area contributed by atoms with Gasteiger partial charge in [0.05, 0.1) is 0 Å². The van der Waals surface area contributed by atoms with E-state index in [0.717, 1.165) is 99.5 Å². The van der Waals surface area contributed by atoms with E-state index >= 15 is 0 Å². The minimum Gasteiger partial charge on any atom is -0.455 e. The van der Waals surface area contributed by atoms with Gasteiger partial charge in [0, 0.05) is 43.8 Å². The van der Waals surface area contributed by atoms with Crippen LogP contribution in [-0.4, -0.2) is 0 Å². The van der Waals surface area contributed by atoms with Crippen LogP contribution in [0.15, 0.2) is 349 Å². The number of furan rings is 2. The molecule has 436 valence electrons. The molecule has 94 heavy (non-hydrogen) atoms. The zero-order chi connectivity index (χ0) is 61.8. The highest BCUT2D eigenvalue weighted by molar-refractivity contribution is 6.28.